The van der Waals surface area contributed by atoms with Crippen molar-refractivity contribution in [1.29, 1.82) is 0 Å². The van der Waals surface area contributed by atoms with E-state index in [-0.39, 0.29) is 10.7 Å². The molecule has 0 saturated carbocycles. The smallest absolute Gasteiger partial charge is 0.261 e. The van der Waals surface area contributed by atoms with Gasteiger partial charge in [0.25, 0.3) is 10.0 Å². The maximum absolute atomic E-state index is 12.9. The Morgan fingerprint density at radius 3 is 2.50 bits per heavy atom. The van der Waals surface area contributed by atoms with Gasteiger partial charge in [0.2, 0.25) is 0 Å². The van der Waals surface area contributed by atoms with E-state index in [1.54, 1.807) is 35.2 Å². The summed E-state index contributed by atoms with van der Waals surface area (Å²) >= 11 is 8.96. The van der Waals surface area contributed by atoms with E-state index in [1.807, 2.05) is 13.8 Å². The van der Waals surface area contributed by atoms with Crippen LogP contribution in [0.25, 0.3) is 5.69 Å². The third-order valence-corrected chi connectivity index (χ3v) is 8.82. The maximum atomic E-state index is 12.9. The molecule has 0 atom stereocenters. The summed E-state index contributed by atoms with van der Waals surface area (Å²) < 4.78 is 30.7. The van der Waals surface area contributed by atoms with E-state index in [2.05, 4.69) is 23.6 Å². The van der Waals surface area contributed by atoms with Crippen LogP contribution in [-0.4, -0.2) is 23.7 Å². The van der Waals surface area contributed by atoms with Gasteiger partial charge in [-0.05, 0) is 49.6 Å². The third-order valence-electron chi connectivity index (χ3n) is 4.68. The lowest BCUT2D eigenvalue weighted by molar-refractivity contribution is 0.601. The number of sulfonamides is 1. The van der Waals surface area contributed by atoms with Crippen molar-refractivity contribution in [1.82, 2.24) is 9.55 Å². The van der Waals surface area contributed by atoms with Crippen LogP contribution in [0.5, 0.6) is 0 Å². The van der Waals surface area contributed by atoms with Gasteiger partial charge >= 0.3 is 5.69 Å². The number of hydrogen-bond acceptors (Lipinski definition) is 6. The van der Waals surface area contributed by atoms with Crippen LogP contribution in [-0.2, 0) is 15.9 Å². The van der Waals surface area contributed by atoms with Crippen molar-refractivity contribution < 1.29 is 8.42 Å². The van der Waals surface area contributed by atoms with Crippen LogP contribution >= 0.6 is 34.7 Å². The predicted octanol–water partition coefficient (Wildman–Crippen LogP) is 5.03. The van der Waals surface area contributed by atoms with Crippen LogP contribution < -0.4 is 10.4 Å². The van der Waals surface area contributed by atoms with E-state index < -0.39 is 15.7 Å². The zero-order valence-corrected chi connectivity index (χ0v) is 20.4. The summed E-state index contributed by atoms with van der Waals surface area (Å²) in [6.07, 6.45) is 1.02. The summed E-state index contributed by atoms with van der Waals surface area (Å²) in [4.78, 5) is 17.7. The van der Waals surface area contributed by atoms with E-state index in [9.17, 15) is 13.2 Å². The minimum absolute atomic E-state index is 0.0628. The highest BCUT2D eigenvalue weighted by atomic mass is 35.5. The fraction of sp³-hybridized carbons (Fsp3) is 0.400. The molecule has 0 spiro atoms. The first-order chi connectivity index (χ1) is 14.1. The van der Waals surface area contributed by atoms with Gasteiger partial charge in [-0.1, -0.05) is 26.0 Å². The number of fused-ring (bicyclic) bond motifs is 1. The predicted molar refractivity (Wildman–Crippen MR) is 125 cm³/mol. The quantitative estimate of drug-likeness (QED) is 0.357. The van der Waals surface area contributed by atoms with Crippen molar-refractivity contribution in [3.05, 3.63) is 50.9 Å². The lowest BCUT2D eigenvalue weighted by atomic mass is 10.2. The summed E-state index contributed by atoms with van der Waals surface area (Å²) in [6.45, 7) is 8.11. The first-order valence-electron chi connectivity index (χ1n) is 9.47. The van der Waals surface area contributed by atoms with Gasteiger partial charge in [0.1, 0.15) is 5.69 Å². The van der Waals surface area contributed by atoms with Gasteiger partial charge < -0.3 is 0 Å². The number of hydrogen-bond donors (Lipinski definition) is 1. The molecule has 1 aromatic carbocycles. The number of nitrogens with zero attached hydrogens (tertiary/aromatic N) is 2. The molecule has 0 aliphatic carbocycles. The second kappa shape index (κ2) is 9.30. The van der Waals surface area contributed by atoms with Crippen LogP contribution in [0.4, 0.5) is 5.82 Å². The lowest BCUT2D eigenvalue weighted by Crippen LogP contribution is -2.17. The van der Waals surface area contributed by atoms with Gasteiger partial charge in [-0.15, -0.1) is 34.7 Å². The number of halogens is 1. The summed E-state index contributed by atoms with van der Waals surface area (Å²) in [7, 11) is -3.90. The topological polar surface area (TPSA) is 81.1 Å². The molecule has 2 aliphatic heterocycles. The second-order valence-corrected chi connectivity index (χ2v) is 11.9. The van der Waals surface area contributed by atoms with E-state index in [1.165, 1.54) is 16.7 Å². The SMILES string of the molecule is Cc1sc(SCCC(C)C)c2c(NS(=O)(=O)c3ccc(CCl)cc3)nc(=O)n-2c1C. The van der Waals surface area contributed by atoms with E-state index in [4.69, 9.17) is 11.6 Å². The van der Waals surface area contributed by atoms with Crippen LogP contribution in [0, 0.1) is 19.8 Å². The lowest BCUT2D eigenvalue weighted by Gasteiger charge is -2.16. The molecule has 162 valence electrons. The Balaban J connectivity index is 2.04. The molecule has 1 N–H and O–H groups in total. The molecule has 0 unspecified atom stereocenters. The van der Waals surface area contributed by atoms with Gasteiger partial charge in [0.15, 0.2) is 5.82 Å². The molecule has 0 fully saturated rings. The van der Waals surface area contributed by atoms with Gasteiger partial charge in [0, 0.05) is 16.5 Å². The Hall–Kier alpha value is -1.55. The van der Waals surface area contributed by atoms with Crippen LogP contribution in [0.1, 0.15) is 36.4 Å². The number of rotatable bonds is 8. The molecule has 3 rings (SSSR count). The van der Waals surface area contributed by atoms with Gasteiger partial charge in [0.05, 0.1) is 9.10 Å². The van der Waals surface area contributed by atoms with Crippen molar-refractivity contribution >= 4 is 50.5 Å². The average molecular weight is 486 g/mol. The van der Waals surface area contributed by atoms with Crippen molar-refractivity contribution in [3.63, 3.8) is 0 Å². The largest absolute Gasteiger partial charge is 0.354 e. The summed E-state index contributed by atoms with van der Waals surface area (Å²) in [6, 6.07) is 6.31. The Morgan fingerprint density at radius 2 is 1.90 bits per heavy atom. The molecule has 30 heavy (non-hydrogen) atoms. The number of benzene rings is 1. The maximum Gasteiger partial charge on any atom is 0.354 e. The van der Waals surface area contributed by atoms with Crippen molar-refractivity contribution in [2.45, 2.75) is 49.1 Å². The first-order valence-corrected chi connectivity index (χ1v) is 13.3. The van der Waals surface area contributed by atoms with Crippen molar-refractivity contribution in [2.24, 2.45) is 5.92 Å². The highest BCUT2D eigenvalue weighted by Gasteiger charge is 2.26. The van der Waals surface area contributed by atoms with Crippen LogP contribution in [0.15, 0.2) is 38.2 Å². The van der Waals surface area contributed by atoms with Crippen LogP contribution in [0.2, 0.25) is 0 Å². The molecule has 0 aromatic heterocycles. The Labute approximate surface area is 190 Å². The third kappa shape index (κ3) is 4.85. The van der Waals surface area contributed by atoms with E-state index >= 15 is 0 Å². The molecular formula is C20H24ClN3O3S3. The number of aryl methyl sites for hydroxylation is 1. The Morgan fingerprint density at radius 1 is 1.23 bits per heavy atom. The molecular weight excluding hydrogens is 462 g/mol. The number of alkyl halides is 1. The standard InChI is InChI=1S/C20H24ClN3O3S3/c1-12(2)9-10-28-19-17-18(22-20(25)24(17)13(3)14(4)29-19)23-30(26,27)16-7-5-15(11-21)6-8-16/h5-8,12H,9-11H2,1-4H3,(H,22,23,25). The molecule has 2 aliphatic rings. The van der Waals surface area contributed by atoms with E-state index in [0.717, 1.165) is 32.5 Å². The molecule has 6 nitrogen and oxygen atoms in total. The monoisotopic (exact) mass is 485 g/mol. The minimum Gasteiger partial charge on any atom is -0.261 e. The van der Waals surface area contributed by atoms with Crippen molar-refractivity contribution in [2.75, 3.05) is 10.5 Å². The number of anilines is 1. The normalized spacial score (nSPS) is 12.1. The van der Waals surface area contributed by atoms with Crippen LogP contribution in [0.3, 0.4) is 0 Å². The number of imidazole rings is 1. The number of aromatic nitrogens is 2. The van der Waals surface area contributed by atoms with Crippen molar-refractivity contribution in [3.8, 4) is 5.69 Å². The average Bonchev–Trinajstić information content (AvgIpc) is 3.01. The Bertz CT molecular complexity index is 1170. The highest BCUT2D eigenvalue weighted by molar-refractivity contribution is 8.01. The van der Waals surface area contributed by atoms with Gasteiger partial charge in [-0.25, -0.2) is 13.2 Å². The number of nitrogens with one attached hydrogen (secondary N) is 1. The molecule has 0 saturated heterocycles. The zero-order chi connectivity index (χ0) is 22.1. The van der Waals surface area contributed by atoms with E-state index in [0.29, 0.717) is 17.5 Å². The zero-order valence-electron chi connectivity index (χ0n) is 17.2. The first kappa shape index (κ1) is 23.1. The fourth-order valence-electron chi connectivity index (χ4n) is 2.82. The van der Waals surface area contributed by atoms with Gasteiger partial charge in [-0.3, -0.25) is 9.29 Å². The molecule has 10 heteroatoms. The Kier molecular flexibility index (Phi) is 7.16. The second-order valence-electron chi connectivity index (χ2n) is 7.37. The fourth-order valence-corrected chi connectivity index (χ4v) is 6.77. The molecule has 0 amide bonds. The molecule has 0 radical (unpaired) electrons. The molecule has 1 aromatic rings. The summed E-state index contributed by atoms with van der Waals surface area (Å²) in [5.74, 6) is 1.79. The van der Waals surface area contributed by atoms with Gasteiger partial charge in [-0.2, -0.15) is 4.98 Å². The molecule has 0 bridgehead atoms. The highest BCUT2D eigenvalue weighted by Crippen LogP contribution is 2.39. The summed E-state index contributed by atoms with van der Waals surface area (Å²) in [5.41, 5.74) is 1.61. The minimum atomic E-state index is -3.90. The summed E-state index contributed by atoms with van der Waals surface area (Å²) in [5, 5.41) is 0. The molecule has 2 heterocycles. The number of thioether (sulfide) groups is 1.